The van der Waals surface area contributed by atoms with Crippen LogP contribution < -0.4 is 10.1 Å². The second-order valence-corrected chi connectivity index (χ2v) is 11.3. The number of fused-ring (bicyclic) bond motifs is 3. The molecule has 2 aliphatic rings. The lowest BCUT2D eigenvalue weighted by atomic mass is 10.1. The van der Waals surface area contributed by atoms with Crippen molar-refractivity contribution >= 4 is 39.6 Å². The zero-order chi connectivity index (χ0) is 28.7. The molecule has 2 amide bonds. The van der Waals surface area contributed by atoms with Gasteiger partial charge < -0.3 is 19.5 Å². The molecule has 1 saturated heterocycles. The molecule has 0 bridgehead atoms. The molecule has 1 aromatic heterocycles. The molecule has 9 nitrogen and oxygen atoms in total. The number of amides is 2. The van der Waals surface area contributed by atoms with E-state index in [9.17, 15) is 14.4 Å². The standard InChI is InChI=1S/C31H35N3O6/c1-6-19-17-31(19,28(36)38-7-2)33-26(35)25-16-20(18-34(25)29(37)40-30(3,4)5)39-27-23-14-9-8-12-21(23)22-13-10-11-15-24(22)32-27/h6,8-15,19-20,25H,1,7,16-18H2,2-5H3,(H,33,35)/t19-,20-,25+,31-/m1/s1. The summed E-state index contributed by atoms with van der Waals surface area (Å²) >= 11 is 0. The molecule has 1 saturated carbocycles. The van der Waals surface area contributed by atoms with Crippen LogP contribution in [0, 0.1) is 5.92 Å². The van der Waals surface area contributed by atoms with Crippen LogP contribution in [0.4, 0.5) is 4.79 Å². The predicted octanol–water partition coefficient (Wildman–Crippen LogP) is 4.77. The summed E-state index contributed by atoms with van der Waals surface area (Å²) in [5.74, 6) is -0.783. The van der Waals surface area contributed by atoms with Crippen molar-refractivity contribution in [3.63, 3.8) is 0 Å². The van der Waals surface area contributed by atoms with Crippen molar-refractivity contribution in [1.82, 2.24) is 15.2 Å². The van der Waals surface area contributed by atoms with E-state index in [-0.39, 0.29) is 25.5 Å². The van der Waals surface area contributed by atoms with Crippen LogP contribution in [0.3, 0.4) is 0 Å². The fourth-order valence-corrected chi connectivity index (χ4v) is 5.34. The number of hydrogen-bond acceptors (Lipinski definition) is 7. The summed E-state index contributed by atoms with van der Waals surface area (Å²) in [6.07, 6.45) is 1.07. The van der Waals surface area contributed by atoms with Gasteiger partial charge in [0.2, 0.25) is 11.8 Å². The number of rotatable bonds is 7. The van der Waals surface area contributed by atoms with Gasteiger partial charge in [-0.2, -0.15) is 0 Å². The maximum Gasteiger partial charge on any atom is 0.411 e. The van der Waals surface area contributed by atoms with Crippen molar-refractivity contribution in [2.24, 2.45) is 5.92 Å². The zero-order valence-electron chi connectivity index (χ0n) is 23.3. The van der Waals surface area contributed by atoms with E-state index in [2.05, 4.69) is 11.9 Å². The van der Waals surface area contributed by atoms with Crippen LogP contribution in [0.5, 0.6) is 5.88 Å². The van der Waals surface area contributed by atoms with Gasteiger partial charge in [0.15, 0.2) is 0 Å². The Bertz CT molecular complexity index is 1480. The van der Waals surface area contributed by atoms with Gasteiger partial charge in [-0.25, -0.2) is 14.6 Å². The highest BCUT2D eigenvalue weighted by molar-refractivity contribution is 6.07. The molecular weight excluding hydrogens is 510 g/mol. The lowest BCUT2D eigenvalue weighted by Crippen LogP contribution is -2.53. The van der Waals surface area contributed by atoms with Crippen LogP contribution in [0.2, 0.25) is 0 Å². The number of hydrogen-bond donors (Lipinski definition) is 1. The van der Waals surface area contributed by atoms with E-state index in [0.717, 1.165) is 21.7 Å². The summed E-state index contributed by atoms with van der Waals surface area (Å²) in [4.78, 5) is 45.8. The summed E-state index contributed by atoms with van der Waals surface area (Å²) in [6.45, 7) is 11.1. The smallest absolute Gasteiger partial charge is 0.411 e. The zero-order valence-corrected chi connectivity index (χ0v) is 23.3. The molecule has 2 aromatic carbocycles. The first-order chi connectivity index (χ1) is 19.1. The average molecular weight is 546 g/mol. The second-order valence-electron chi connectivity index (χ2n) is 11.3. The highest BCUT2D eigenvalue weighted by Gasteiger charge is 2.62. The van der Waals surface area contributed by atoms with Gasteiger partial charge in [-0.1, -0.05) is 42.5 Å². The minimum Gasteiger partial charge on any atom is -0.472 e. The number of esters is 1. The topological polar surface area (TPSA) is 107 Å². The number of likely N-dealkylation sites (tertiary alicyclic amines) is 1. The van der Waals surface area contributed by atoms with Crippen molar-refractivity contribution in [2.75, 3.05) is 13.2 Å². The van der Waals surface area contributed by atoms with Gasteiger partial charge in [-0.15, -0.1) is 6.58 Å². The van der Waals surface area contributed by atoms with Gasteiger partial charge in [-0.3, -0.25) is 9.69 Å². The number of pyridine rings is 1. The van der Waals surface area contributed by atoms with Crippen molar-refractivity contribution in [1.29, 1.82) is 0 Å². The van der Waals surface area contributed by atoms with Crippen molar-refractivity contribution < 1.29 is 28.6 Å². The molecule has 1 N–H and O–H groups in total. The maximum absolute atomic E-state index is 13.7. The second kappa shape index (κ2) is 10.4. The van der Waals surface area contributed by atoms with Gasteiger partial charge in [0.05, 0.1) is 18.7 Å². The third kappa shape index (κ3) is 5.20. The first-order valence-corrected chi connectivity index (χ1v) is 13.6. The monoisotopic (exact) mass is 545 g/mol. The van der Waals surface area contributed by atoms with E-state index in [0.29, 0.717) is 12.3 Å². The molecule has 5 rings (SSSR count). The molecule has 1 aliphatic carbocycles. The molecule has 2 heterocycles. The van der Waals surface area contributed by atoms with E-state index in [1.165, 1.54) is 4.90 Å². The molecule has 2 fully saturated rings. The third-order valence-corrected chi connectivity index (χ3v) is 7.33. The molecule has 1 aliphatic heterocycles. The Morgan fingerprint density at radius 3 is 2.42 bits per heavy atom. The normalized spacial score (nSPS) is 24.0. The Balaban J connectivity index is 1.43. The van der Waals surface area contributed by atoms with Crippen molar-refractivity contribution in [2.45, 2.75) is 63.8 Å². The van der Waals surface area contributed by atoms with Crippen LogP contribution in [0.1, 0.15) is 40.5 Å². The van der Waals surface area contributed by atoms with Gasteiger partial charge in [0.1, 0.15) is 23.3 Å². The van der Waals surface area contributed by atoms with E-state index in [4.69, 9.17) is 19.2 Å². The van der Waals surface area contributed by atoms with E-state index < -0.39 is 41.3 Å². The van der Waals surface area contributed by atoms with Gasteiger partial charge in [0, 0.05) is 23.1 Å². The third-order valence-electron chi connectivity index (χ3n) is 7.33. The molecule has 210 valence electrons. The molecule has 0 spiro atoms. The summed E-state index contributed by atoms with van der Waals surface area (Å²) in [6, 6.07) is 14.8. The van der Waals surface area contributed by atoms with Crippen LogP contribution in [-0.2, 0) is 19.1 Å². The largest absolute Gasteiger partial charge is 0.472 e. The van der Waals surface area contributed by atoms with Gasteiger partial charge >= 0.3 is 12.1 Å². The molecule has 9 heteroatoms. The summed E-state index contributed by atoms with van der Waals surface area (Å²) in [7, 11) is 0. The highest BCUT2D eigenvalue weighted by atomic mass is 16.6. The predicted molar refractivity (Wildman–Crippen MR) is 151 cm³/mol. The number of para-hydroxylation sites is 1. The van der Waals surface area contributed by atoms with E-state index in [1.54, 1.807) is 33.8 Å². The SMILES string of the molecule is C=C[C@@H]1C[C@]1(NC(=O)[C@@H]1C[C@@H](Oc2nc3ccccc3c3ccccc23)CN1C(=O)OC(C)(C)C)C(=O)OCC. The summed E-state index contributed by atoms with van der Waals surface area (Å²) in [5.41, 5.74) is -1.15. The molecule has 0 radical (unpaired) electrons. The number of carbonyl (C=O) groups is 3. The number of benzene rings is 2. The molecule has 0 unspecified atom stereocenters. The van der Waals surface area contributed by atoms with E-state index in [1.807, 2.05) is 48.5 Å². The number of aromatic nitrogens is 1. The highest BCUT2D eigenvalue weighted by Crippen LogP contribution is 2.46. The fourth-order valence-electron chi connectivity index (χ4n) is 5.34. The first kappa shape index (κ1) is 27.4. The van der Waals surface area contributed by atoms with Crippen LogP contribution in [-0.4, -0.2) is 64.3 Å². The molecule has 4 atom stereocenters. The van der Waals surface area contributed by atoms with E-state index >= 15 is 0 Å². The number of nitrogens with one attached hydrogen (secondary N) is 1. The van der Waals surface area contributed by atoms with Crippen molar-refractivity contribution in [3.05, 3.63) is 61.2 Å². The Kier molecular flexibility index (Phi) is 7.16. The van der Waals surface area contributed by atoms with Crippen LogP contribution in [0.15, 0.2) is 61.2 Å². The average Bonchev–Trinajstić information content (AvgIpc) is 3.47. The fraction of sp³-hybridized carbons (Fsp3) is 0.419. The molecule has 3 aromatic rings. The molecular formula is C31H35N3O6. The van der Waals surface area contributed by atoms with Crippen LogP contribution in [0.25, 0.3) is 21.7 Å². The number of carbonyl (C=O) groups excluding carboxylic acids is 3. The summed E-state index contributed by atoms with van der Waals surface area (Å²) in [5, 5.41) is 5.72. The Morgan fingerprint density at radius 2 is 1.77 bits per heavy atom. The minimum absolute atomic E-state index is 0.118. The lowest BCUT2D eigenvalue weighted by molar-refractivity contribution is -0.149. The Hall–Kier alpha value is -4.14. The Morgan fingerprint density at radius 1 is 1.10 bits per heavy atom. The maximum atomic E-state index is 13.7. The summed E-state index contributed by atoms with van der Waals surface area (Å²) < 4.78 is 17.3. The Labute approximate surface area is 233 Å². The van der Waals surface area contributed by atoms with Gasteiger partial charge in [-0.05, 0) is 51.6 Å². The number of nitrogens with zero attached hydrogens (tertiary/aromatic N) is 2. The minimum atomic E-state index is -1.18. The quantitative estimate of drug-likeness (QED) is 0.259. The lowest BCUT2D eigenvalue weighted by Gasteiger charge is -2.28. The number of ether oxygens (including phenoxy) is 3. The van der Waals surface area contributed by atoms with Crippen LogP contribution >= 0.6 is 0 Å². The molecule has 40 heavy (non-hydrogen) atoms. The van der Waals surface area contributed by atoms with Crippen molar-refractivity contribution in [3.8, 4) is 5.88 Å². The van der Waals surface area contributed by atoms with Gasteiger partial charge in [0.25, 0.3) is 0 Å². The first-order valence-electron chi connectivity index (χ1n) is 13.6.